The fraction of sp³-hybridized carbons (Fsp3) is 0.900. The number of hydrogen-bond donors (Lipinski definition) is 3. The summed E-state index contributed by atoms with van der Waals surface area (Å²) in [5.74, 6) is -1.53. The molecule has 3 N–H and O–H groups in total. The molecule has 0 spiro atoms. The van der Waals surface area contributed by atoms with Crippen molar-refractivity contribution in [1.29, 1.82) is 0 Å². The van der Waals surface area contributed by atoms with Crippen molar-refractivity contribution in [3.05, 3.63) is 0 Å². The smallest absolute Gasteiger partial charge is 0.319 e. The Labute approximate surface area is 221 Å². The minimum atomic E-state index is -1.31. The maximum atomic E-state index is 13.1. The van der Waals surface area contributed by atoms with Crippen LogP contribution in [-0.4, -0.2) is 34.6 Å². The fourth-order valence-corrected chi connectivity index (χ4v) is 4.81. The molecule has 0 radical (unpaired) electrons. The highest BCUT2D eigenvalue weighted by molar-refractivity contribution is 6.01. The summed E-state index contributed by atoms with van der Waals surface area (Å²) in [5.41, 5.74) is -1.31. The molecule has 0 rings (SSSR count). The van der Waals surface area contributed by atoms with E-state index < -0.39 is 17.4 Å². The van der Waals surface area contributed by atoms with E-state index in [0.717, 1.165) is 77.0 Å². The molecule has 36 heavy (non-hydrogen) atoms. The number of carboxylic acids is 2. The average Bonchev–Trinajstić information content (AvgIpc) is 2.82. The van der Waals surface area contributed by atoms with Crippen LogP contribution < -0.4 is 5.32 Å². The summed E-state index contributed by atoms with van der Waals surface area (Å²) >= 11 is 0. The second kappa shape index (κ2) is 22.6. The van der Waals surface area contributed by atoms with E-state index in [9.17, 15) is 19.5 Å². The second-order valence-corrected chi connectivity index (χ2v) is 11.1. The molecular weight excluding hydrogens is 454 g/mol. The quantitative estimate of drug-likeness (QED) is 0.0803. The standard InChI is InChI=1S/C30H57NO5/c1-4-5-6-7-8-10-13-16-19-23-30(29(35)36,28(34)31-25-22-26(2)3)24-20-17-14-11-9-12-15-18-21-27(32)33/h26H,4-25H2,1-3H3,(H,31,34)(H,32,33)(H,35,36)/t30-/m1/s1. The van der Waals surface area contributed by atoms with Gasteiger partial charge in [-0.3, -0.25) is 14.4 Å². The van der Waals surface area contributed by atoms with Gasteiger partial charge in [-0.1, -0.05) is 124 Å². The first-order valence-electron chi connectivity index (χ1n) is 15.0. The number of carbonyl (C=O) groups excluding carboxylic acids is 1. The summed E-state index contributed by atoms with van der Waals surface area (Å²) in [6.45, 7) is 6.96. The molecule has 0 bridgehead atoms. The first-order valence-corrected chi connectivity index (χ1v) is 15.0. The van der Waals surface area contributed by atoms with Crippen molar-refractivity contribution in [2.24, 2.45) is 11.3 Å². The van der Waals surface area contributed by atoms with Crippen LogP contribution in [0.3, 0.4) is 0 Å². The minimum absolute atomic E-state index is 0.245. The van der Waals surface area contributed by atoms with E-state index in [1.165, 1.54) is 38.5 Å². The highest BCUT2D eigenvalue weighted by Gasteiger charge is 2.44. The molecule has 0 saturated carbocycles. The summed E-state index contributed by atoms with van der Waals surface area (Å²) < 4.78 is 0. The van der Waals surface area contributed by atoms with E-state index >= 15 is 0 Å². The zero-order valence-corrected chi connectivity index (χ0v) is 23.8. The number of rotatable bonds is 26. The minimum Gasteiger partial charge on any atom is -0.481 e. The molecule has 0 aliphatic carbocycles. The molecule has 0 fully saturated rings. The Morgan fingerprint density at radius 1 is 0.667 bits per heavy atom. The van der Waals surface area contributed by atoms with E-state index in [1.54, 1.807) is 0 Å². The van der Waals surface area contributed by atoms with Gasteiger partial charge in [-0.05, 0) is 31.6 Å². The van der Waals surface area contributed by atoms with Crippen LogP contribution in [-0.2, 0) is 14.4 Å². The van der Waals surface area contributed by atoms with Gasteiger partial charge in [-0.2, -0.15) is 0 Å². The highest BCUT2D eigenvalue weighted by Crippen LogP contribution is 2.33. The van der Waals surface area contributed by atoms with Crippen molar-refractivity contribution in [3.63, 3.8) is 0 Å². The average molecular weight is 512 g/mol. The van der Waals surface area contributed by atoms with E-state index in [-0.39, 0.29) is 12.3 Å². The molecule has 0 aromatic heterocycles. The fourth-order valence-electron chi connectivity index (χ4n) is 4.81. The zero-order valence-electron chi connectivity index (χ0n) is 23.8. The third kappa shape index (κ3) is 17.8. The van der Waals surface area contributed by atoms with Gasteiger partial charge in [0, 0.05) is 13.0 Å². The van der Waals surface area contributed by atoms with E-state index in [2.05, 4.69) is 26.1 Å². The number of unbranched alkanes of at least 4 members (excludes halogenated alkanes) is 15. The van der Waals surface area contributed by atoms with Crippen LogP contribution in [0.2, 0.25) is 0 Å². The Bertz CT molecular complexity index is 578. The number of hydrogen-bond acceptors (Lipinski definition) is 3. The number of aliphatic carboxylic acids is 2. The first-order chi connectivity index (χ1) is 17.3. The van der Waals surface area contributed by atoms with Crippen molar-refractivity contribution in [1.82, 2.24) is 5.32 Å². The van der Waals surface area contributed by atoms with Crippen LogP contribution in [0.1, 0.15) is 156 Å². The van der Waals surface area contributed by atoms with Gasteiger partial charge in [0.2, 0.25) is 5.91 Å². The predicted octanol–water partition coefficient (Wildman–Crippen LogP) is 8.13. The number of carboxylic acid groups (broad SMARTS) is 2. The number of nitrogens with one attached hydrogen (secondary N) is 1. The van der Waals surface area contributed by atoms with Crippen LogP contribution in [0.25, 0.3) is 0 Å². The van der Waals surface area contributed by atoms with Crippen molar-refractivity contribution in [2.45, 2.75) is 156 Å². The van der Waals surface area contributed by atoms with Crippen LogP contribution in [0, 0.1) is 11.3 Å². The van der Waals surface area contributed by atoms with Crippen molar-refractivity contribution in [2.75, 3.05) is 6.54 Å². The lowest BCUT2D eigenvalue weighted by Crippen LogP contribution is -2.47. The lowest BCUT2D eigenvalue weighted by Gasteiger charge is -2.29. The first kappa shape index (κ1) is 34.4. The van der Waals surface area contributed by atoms with E-state index in [4.69, 9.17) is 5.11 Å². The normalized spacial score (nSPS) is 13.0. The summed E-state index contributed by atoms with van der Waals surface area (Å²) in [7, 11) is 0. The molecule has 0 aliphatic rings. The molecule has 6 heteroatoms. The topological polar surface area (TPSA) is 104 Å². The Hall–Kier alpha value is -1.59. The summed E-state index contributed by atoms with van der Waals surface area (Å²) in [6, 6.07) is 0. The van der Waals surface area contributed by atoms with Gasteiger partial charge in [-0.25, -0.2) is 0 Å². The van der Waals surface area contributed by atoms with Crippen LogP contribution >= 0.6 is 0 Å². The Balaban J connectivity index is 4.56. The van der Waals surface area contributed by atoms with E-state index in [0.29, 0.717) is 25.3 Å². The zero-order chi connectivity index (χ0) is 27.1. The number of carbonyl (C=O) groups is 3. The SMILES string of the molecule is CCCCCCCCCCC[C@](CCCCCCCCCCC(=O)O)(C(=O)O)C(=O)NCCC(C)C. The van der Waals surface area contributed by atoms with Crippen LogP contribution in [0.4, 0.5) is 0 Å². The lowest BCUT2D eigenvalue weighted by molar-refractivity contribution is -0.157. The summed E-state index contributed by atoms with van der Waals surface area (Å²) in [4.78, 5) is 36.1. The van der Waals surface area contributed by atoms with Gasteiger partial charge in [-0.15, -0.1) is 0 Å². The Morgan fingerprint density at radius 2 is 1.08 bits per heavy atom. The molecule has 0 aromatic rings. The molecule has 0 heterocycles. The Kier molecular flexibility index (Phi) is 21.6. The van der Waals surface area contributed by atoms with Crippen molar-refractivity contribution in [3.8, 4) is 0 Å². The van der Waals surface area contributed by atoms with Crippen molar-refractivity contribution < 1.29 is 24.6 Å². The highest BCUT2D eigenvalue weighted by atomic mass is 16.4. The second-order valence-electron chi connectivity index (χ2n) is 11.1. The van der Waals surface area contributed by atoms with Gasteiger partial charge >= 0.3 is 11.9 Å². The van der Waals surface area contributed by atoms with Crippen LogP contribution in [0.5, 0.6) is 0 Å². The molecule has 0 saturated heterocycles. The molecule has 0 aliphatic heterocycles. The lowest BCUT2D eigenvalue weighted by atomic mass is 9.76. The molecule has 0 unspecified atom stereocenters. The molecule has 6 nitrogen and oxygen atoms in total. The van der Waals surface area contributed by atoms with Gasteiger partial charge in [0.05, 0.1) is 0 Å². The van der Waals surface area contributed by atoms with Gasteiger partial charge in [0.15, 0.2) is 0 Å². The Morgan fingerprint density at radius 3 is 1.47 bits per heavy atom. The molecule has 0 aromatic carbocycles. The molecule has 212 valence electrons. The third-order valence-electron chi connectivity index (χ3n) is 7.30. The summed E-state index contributed by atoms with van der Waals surface area (Å²) in [5, 5.41) is 21.8. The molecular formula is C30H57NO5. The third-order valence-corrected chi connectivity index (χ3v) is 7.30. The van der Waals surface area contributed by atoms with Gasteiger partial charge in [0.1, 0.15) is 5.41 Å². The maximum absolute atomic E-state index is 13.1. The van der Waals surface area contributed by atoms with Crippen molar-refractivity contribution >= 4 is 17.8 Å². The largest absolute Gasteiger partial charge is 0.481 e. The van der Waals surface area contributed by atoms with Gasteiger partial charge < -0.3 is 15.5 Å². The predicted molar refractivity (Wildman–Crippen MR) is 148 cm³/mol. The van der Waals surface area contributed by atoms with E-state index in [1.807, 2.05) is 0 Å². The molecule has 1 amide bonds. The molecule has 1 atom stereocenters. The maximum Gasteiger partial charge on any atom is 0.319 e. The van der Waals surface area contributed by atoms with Gasteiger partial charge in [0.25, 0.3) is 0 Å². The monoisotopic (exact) mass is 511 g/mol. The number of amides is 1. The van der Waals surface area contributed by atoms with Crippen LogP contribution in [0.15, 0.2) is 0 Å². The summed E-state index contributed by atoms with van der Waals surface area (Å²) in [6.07, 6.45) is 20.0.